The monoisotopic (exact) mass is 410 g/mol. The van der Waals surface area contributed by atoms with Crippen molar-refractivity contribution in [3.63, 3.8) is 0 Å². The summed E-state index contributed by atoms with van der Waals surface area (Å²) in [7, 11) is 0. The lowest BCUT2D eigenvalue weighted by Gasteiger charge is -2.56. The molecule has 4 rings (SSSR count). The lowest BCUT2D eigenvalue weighted by Crippen LogP contribution is -2.54. The van der Waals surface area contributed by atoms with E-state index in [4.69, 9.17) is 4.74 Å². The van der Waals surface area contributed by atoms with Gasteiger partial charge in [-0.05, 0) is 61.7 Å². The topological polar surface area (TPSA) is 18.5 Å². The molecule has 0 N–H and O–H groups in total. The Labute approximate surface area is 151 Å². The first-order valence-electron chi connectivity index (χ1n) is 8.94. The molecule has 0 aromatic heterocycles. The maximum absolute atomic E-state index is 13.7. The normalized spacial score (nSPS) is 34.3. The van der Waals surface area contributed by atoms with Crippen molar-refractivity contribution in [3.8, 4) is 0 Å². The van der Waals surface area contributed by atoms with Crippen molar-refractivity contribution < 1.29 is 44.6 Å². The van der Waals surface area contributed by atoms with E-state index in [1.807, 2.05) is 0 Å². The van der Waals surface area contributed by atoms with E-state index in [0.29, 0.717) is 17.8 Å². The number of rotatable bonds is 8. The molecule has 0 amide bonds. The van der Waals surface area contributed by atoms with Gasteiger partial charge < -0.3 is 4.74 Å². The van der Waals surface area contributed by atoms with E-state index >= 15 is 0 Å². The van der Waals surface area contributed by atoms with E-state index in [2.05, 4.69) is 4.74 Å². The van der Waals surface area contributed by atoms with E-state index in [1.165, 1.54) is 0 Å². The molecule has 4 fully saturated rings. The average Bonchev–Trinajstić information content (AvgIpc) is 2.42. The van der Waals surface area contributed by atoms with Crippen molar-refractivity contribution in [3.05, 3.63) is 0 Å². The quantitative estimate of drug-likeness (QED) is 0.477. The van der Waals surface area contributed by atoms with Gasteiger partial charge in [-0.1, -0.05) is 0 Å². The second-order valence-corrected chi connectivity index (χ2v) is 8.64. The summed E-state index contributed by atoms with van der Waals surface area (Å²) in [6.07, 6.45) is -5.98. The Bertz CT molecular complexity index is 522. The highest BCUT2D eigenvalue weighted by Gasteiger charge is 2.67. The van der Waals surface area contributed by atoms with Crippen LogP contribution in [0.4, 0.5) is 35.1 Å². The van der Waals surface area contributed by atoms with Gasteiger partial charge in [0.1, 0.15) is 6.61 Å². The molecule has 4 saturated carbocycles. The highest BCUT2D eigenvalue weighted by atomic mass is 19.3. The standard InChI is InChI=1S/C17H22F8O2/c1-13(18,19)16(22,23)27-17(24,25)15(20,21)9-26-8-14-5-10-2-11(6-14)4-12(3-10)7-14/h10-12H,2-9H2,1H3. The minimum atomic E-state index is -5.81. The third-order valence-corrected chi connectivity index (χ3v) is 6.05. The van der Waals surface area contributed by atoms with Crippen LogP contribution in [0.1, 0.15) is 45.4 Å². The van der Waals surface area contributed by atoms with Crippen LogP contribution in [0.25, 0.3) is 0 Å². The van der Waals surface area contributed by atoms with Gasteiger partial charge in [0.2, 0.25) is 0 Å². The van der Waals surface area contributed by atoms with Crippen LogP contribution in [-0.2, 0) is 9.47 Å². The van der Waals surface area contributed by atoms with Gasteiger partial charge in [0, 0.05) is 6.92 Å². The van der Waals surface area contributed by atoms with Gasteiger partial charge in [0.15, 0.2) is 0 Å². The van der Waals surface area contributed by atoms with Crippen LogP contribution in [0.3, 0.4) is 0 Å². The van der Waals surface area contributed by atoms with Gasteiger partial charge in [-0.15, -0.1) is 0 Å². The van der Waals surface area contributed by atoms with Crippen LogP contribution < -0.4 is 0 Å². The van der Waals surface area contributed by atoms with Crippen molar-refractivity contribution in [1.82, 2.24) is 0 Å². The third kappa shape index (κ3) is 4.06. The highest BCUT2D eigenvalue weighted by molar-refractivity contribution is 5.01. The highest BCUT2D eigenvalue weighted by Crippen LogP contribution is 2.60. The van der Waals surface area contributed by atoms with E-state index in [9.17, 15) is 35.1 Å². The largest absolute Gasteiger partial charge is 0.426 e. The number of alkyl halides is 8. The first-order valence-corrected chi connectivity index (χ1v) is 8.94. The van der Waals surface area contributed by atoms with E-state index in [1.54, 1.807) is 0 Å². The van der Waals surface area contributed by atoms with E-state index < -0.39 is 37.6 Å². The van der Waals surface area contributed by atoms with Crippen LogP contribution >= 0.6 is 0 Å². The average molecular weight is 410 g/mol. The van der Waals surface area contributed by atoms with Gasteiger partial charge in [-0.3, -0.25) is 0 Å². The maximum atomic E-state index is 13.7. The van der Waals surface area contributed by atoms with Gasteiger partial charge in [0.25, 0.3) is 0 Å². The predicted octanol–water partition coefficient (Wildman–Crippen LogP) is 5.71. The SMILES string of the molecule is CC(F)(F)C(F)(F)OC(F)(F)C(F)(F)COCC12CC3CC(CC(C3)C1)C2. The van der Waals surface area contributed by atoms with Crippen LogP contribution in [0.5, 0.6) is 0 Å². The summed E-state index contributed by atoms with van der Waals surface area (Å²) in [6, 6.07) is 0. The van der Waals surface area contributed by atoms with E-state index in [0.717, 1.165) is 38.5 Å². The van der Waals surface area contributed by atoms with Crippen LogP contribution in [0.15, 0.2) is 0 Å². The molecule has 0 aromatic rings. The zero-order valence-electron chi connectivity index (χ0n) is 14.7. The molecule has 158 valence electrons. The molecule has 0 spiro atoms. The fourth-order valence-electron chi connectivity index (χ4n) is 5.27. The van der Waals surface area contributed by atoms with Gasteiger partial charge in [-0.2, -0.15) is 35.1 Å². The summed E-state index contributed by atoms with van der Waals surface area (Å²) in [6.45, 7) is -2.46. The fourth-order valence-corrected chi connectivity index (χ4v) is 5.27. The van der Waals surface area contributed by atoms with Crippen LogP contribution in [0.2, 0.25) is 0 Å². The van der Waals surface area contributed by atoms with Crippen LogP contribution in [-0.4, -0.2) is 37.3 Å². The second kappa shape index (κ2) is 6.43. The van der Waals surface area contributed by atoms with Crippen molar-refractivity contribution >= 4 is 0 Å². The Kier molecular flexibility index (Phi) is 5.02. The zero-order chi connectivity index (χ0) is 20.3. The first kappa shape index (κ1) is 21.1. The Hall–Kier alpha value is -0.640. The molecule has 0 heterocycles. The minimum absolute atomic E-state index is 0.178. The molecule has 0 saturated heterocycles. The summed E-state index contributed by atoms with van der Waals surface area (Å²) in [5, 5.41) is 0. The fraction of sp³-hybridized carbons (Fsp3) is 1.00. The second-order valence-electron chi connectivity index (χ2n) is 8.64. The van der Waals surface area contributed by atoms with Crippen molar-refractivity contribution in [2.45, 2.75) is 69.5 Å². The van der Waals surface area contributed by atoms with Crippen molar-refractivity contribution in [1.29, 1.82) is 0 Å². The molecule has 0 radical (unpaired) electrons. The summed E-state index contributed by atoms with van der Waals surface area (Å²) in [5.74, 6) is -8.78. The number of hydrogen-bond acceptors (Lipinski definition) is 2. The molecule has 2 nitrogen and oxygen atoms in total. The summed E-state index contributed by atoms with van der Waals surface area (Å²) >= 11 is 0. The Morgan fingerprint density at radius 2 is 1.22 bits per heavy atom. The molecule has 4 bridgehead atoms. The smallest absolute Gasteiger partial charge is 0.374 e. The molecular formula is C17H22F8O2. The zero-order valence-corrected chi connectivity index (χ0v) is 14.7. The van der Waals surface area contributed by atoms with Crippen LogP contribution in [0, 0.1) is 23.2 Å². The maximum Gasteiger partial charge on any atom is 0.426 e. The summed E-state index contributed by atoms with van der Waals surface area (Å²) in [4.78, 5) is 0. The molecule has 4 aliphatic rings. The molecule has 0 atom stereocenters. The van der Waals surface area contributed by atoms with Crippen molar-refractivity contribution in [2.24, 2.45) is 23.2 Å². The Morgan fingerprint density at radius 3 is 1.63 bits per heavy atom. The lowest BCUT2D eigenvalue weighted by atomic mass is 9.50. The van der Waals surface area contributed by atoms with E-state index in [-0.39, 0.29) is 12.0 Å². The molecule has 0 aliphatic heterocycles. The number of hydrogen-bond donors (Lipinski definition) is 0. The molecule has 0 aromatic carbocycles. The molecule has 10 heteroatoms. The predicted molar refractivity (Wildman–Crippen MR) is 78.0 cm³/mol. The Balaban J connectivity index is 1.58. The molecule has 4 aliphatic carbocycles. The molecule has 27 heavy (non-hydrogen) atoms. The molecule has 0 unspecified atom stereocenters. The van der Waals surface area contributed by atoms with Crippen molar-refractivity contribution in [2.75, 3.05) is 13.2 Å². The first-order chi connectivity index (χ1) is 12.1. The van der Waals surface area contributed by atoms with Gasteiger partial charge in [0.05, 0.1) is 6.61 Å². The van der Waals surface area contributed by atoms with Gasteiger partial charge >= 0.3 is 24.1 Å². The number of halogens is 8. The molecular weight excluding hydrogens is 388 g/mol. The number of ether oxygens (including phenoxy) is 2. The lowest BCUT2D eigenvalue weighted by molar-refractivity contribution is -0.468. The third-order valence-electron chi connectivity index (χ3n) is 6.05. The Morgan fingerprint density at radius 1 is 0.778 bits per heavy atom. The minimum Gasteiger partial charge on any atom is -0.374 e. The van der Waals surface area contributed by atoms with Gasteiger partial charge in [-0.25, -0.2) is 4.74 Å². The summed E-state index contributed by atoms with van der Waals surface area (Å²) < 4.78 is 113. The summed E-state index contributed by atoms with van der Waals surface area (Å²) in [5.41, 5.74) is -0.346.